The van der Waals surface area contributed by atoms with Crippen molar-refractivity contribution in [1.29, 1.82) is 0 Å². The molecule has 0 aromatic heterocycles. The summed E-state index contributed by atoms with van der Waals surface area (Å²) in [6, 6.07) is 2.49. The van der Waals surface area contributed by atoms with Gasteiger partial charge in [0.1, 0.15) is 11.6 Å². The van der Waals surface area contributed by atoms with Crippen molar-refractivity contribution < 1.29 is 23.5 Å². The van der Waals surface area contributed by atoms with Crippen molar-refractivity contribution in [2.24, 2.45) is 0 Å². The van der Waals surface area contributed by atoms with E-state index in [0.717, 1.165) is 12.1 Å². The molecule has 0 aliphatic heterocycles. The number of hydrogen-bond donors (Lipinski definition) is 2. The lowest BCUT2D eigenvalue weighted by Crippen LogP contribution is -2.21. The molecule has 6 heteroatoms. The van der Waals surface area contributed by atoms with Crippen molar-refractivity contribution in [2.45, 2.75) is 0 Å². The van der Waals surface area contributed by atoms with Crippen LogP contribution in [0.25, 0.3) is 0 Å². The minimum absolute atomic E-state index is 0.411. The van der Waals surface area contributed by atoms with Gasteiger partial charge in [0, 0.05) is 6.07 Å². The average molecular weight is 174 g/mol. The Morgan fingerprint density at radius 3 is 2.42 bits per heavy atom. The fourth-order valence-electron chi connectivity index (χ4n) is 0.684. The zero-order chi connectivity index (χ0) is 9.14. The minimum atomic E-state index is -2.11. The van der Waals surface area contributed by atoms with Crippen LogP contribution in [0.3, 0.4) is 0 Å². The second-order valence-corrected chi connectivity index (χ2v) is 2.02. The van der Waals surface area contributed by atoms with Crippen molar-refractivity contribution >= 4 is 7.32 Å². The molecule has 0 heterocycles. The lowest BCUT2D eigenvalue weighted by Gasteiger charge is -2.04. The average Bonchev–Trinajstić information content (AvgIpc) is 1.94. The quantitative estimate of drug-likeness (QED) is 0.634. The van der Waals surface area contributed by atoms with E-state index in [1.165, 1.54) is 0 Å². The predicted molar refractivity (Wildman–Crippen MR) is 37.2 cm³/mol. The van der Waals surface area contributed by atoms with Crippen LogP contribution in [0, 0.1) is 11.6 Å². The SMILES string of the molecule is OB(O)Oc1ccc(F)cc1F. The Hall–Kier alpha value is -1.14. The minimum Gasteiger partial charge on any atom is -0.510 e. The molecule has 0 bridgehead atoms. The maximum absolute atomic E-state index is 12.6. The van der Waals surface area contributed by atoms with Crippen molar-refractivity contribution in [1.82, 2.24) is 0 Å². The first-order valence-electron chi connectivity index (χ1n) is 3.07. The second-order valence-electron chi connectivity index (χ2n) is 2.02. The van der Waals surface area contributed by atoms with Gasteiger partial charge in [0.25, 0.3) is 0 Å². The summed E-state index contributed by atoms with van der Waals surface area (Å²) < 4.78 is 29.1. The summed E-state index contributed by atoms with van der Waals surface area (Å²) in [6.45, 7) is 0. The lowest BCUT2D eigenvalue weighted by atomic mass is 10.2. The van der Waals surface area contributed by atoms with Crippen LogP contribution in [0.15, 0.2) is 18.2 Å². The Kier molecular flexibility index (Phi) is 2.62. The highest BCUT2D eigenvalue weighted by Gasteiger charge is 2.14. The van der Waals surface area contributed by atoms with Gasteiger partial charge in [-0.15, -0.1) is 0 Å². The van der Waals surface area contributed by atoms with E-state index in [1.54, 1.807) is 0 Å². The van der Waals surface area contributed by atoms with Gasteiger partial charge in [-0.25, -0.2) is 8.78 Å². The van der Waals surface area contributed by atoms with Crippen molar-refractivity contribution in [3.8, 4) is 5.75 Å². The molecule has 1 aromatic carbocycles. The van der Waals surface area contributed by atoms with Gasteiger partial charge in [-0.3, -0.25) is 0 Å². The Labute approximate surface area is 67.4 Å². The molecule has 0 spiro atoms. The number of halogens is 2. The Morgan fingerprint density at radius 1 is 1.25 bits per heavy atom. The monoisotopic (exact) mass is 174 g/mol. The van der Waals surface area contributed by atoms with E-state index in [0.29, 0.717) is 6.07 Å². The smallest absolute Gasteiger partial charge is 0.510 e. The van der Waals surface area contributed by atoms with Gasteiger partial charge in [-0.2, -0.15) is 0 Å². The molecule has 1 rings (SSSR count). The summed E-state index contributed by atoms with van der Waals surface area (Å²) in [5, 5.41) is 16.5. The largest absolute Gasteiger partial charge is 0.707 e. The highest BCUT2D eigenvalue weighted by Crippen LogP contribution is 2.17. The van der Waals surface area contributed by atoms with Gasteiger partial charge in [-0.05, 0) is 12.1 Å². The van der Waals surface area contributed by atoms with E-state index in [2.05, 4.69) is 4.65 Å². The van der Waals surface area contributed by atoms with E-state index in [1.807, 2.05) is 0 Å². The summed E-state index contributed by atoms with van der Waals surface area (Å²) in [4.78, 5) is 0. The summed E-state index contributed by atoms with van der Waals surface area (Å²) in [6.07, 6.45) is 0. The lowest BCUT2D eigenvalue weighted by molar-refractivity contribution is 0.281. The molecule has 0 aliphatic carbocycles. The third kappa shape index (κ3) is 2.18. The van der Waals surface area contributed by atoms with E-state index >= 15 is 0 Å². The summed E-state index contributed by atoms with van der Waals surface area (Å²) in [5.74, 6) is -2.15. The third-order valence-corrected chi connectivity index (χ3v) is 1.13. The zero-order valence-corrected chi connectivity index (χ0v) is 5.87. The topological polar surface area (TPSA) is 49.7 Å². The maximum atomic E-state index is 12.6. The molecular formula is C6H5BF2O3. The molecule has 3 nitrogen and oxygen atoms in total. The summed E-state index contributed by atoms with van der Waals surface area (Å²) >= 11 is 0. The third-order valence-electron chi connectivity index (χ3n) is 1.13. The van der Waals surface area contributed by atoms with Crippen LogP contribution < -0.4 is 4.65 Å². The molecule has 0 radical (unpaired) electrons. The molecule has 2 N–H and O–H groups in total. The van der Waals surface area contributed by atoms with Crippen LogP contribution in [0.1, 0.15) is 0 Å². The molecule has 0 saturated carbocycles. The standard InChI is InChI=1S/C6H5BF2O3/c8-4-1-2-6(5(9)3-4)12-7(10)11/h1-3,10-11H. The highest BCUT2D eigenvalue weighted by atomic mass is 19.1. The van der Waals surface area contributed by atoms with Gasteiger partial charge < -0.3 is 14.7 Å². The molecule has 0 aliphatic rings. The molecule has 1 aromatic rings. The maximum Gasteiger partial charge on any atom is 0.707 e. The highest BCUT2D eigenvalue weighted by molar-refractivity contribution is 6.33. The van der Waals surface area contributed by atoms with Gasteiger partial charge in [0.15, 0.2) is 5.82 Å². The van der Waals surface area contributed by atoms with Crippen LogP contribution in [-0.4, -0.2) is 17.4 Å². The molecule has 0 saturated heterocycles. The van der Waals surface area contributed by atoms with Crippen molar-refractivity contribution in [3.63, 3.8) is 0 Å². The molecule has 0 fully saturated rings. The number of hydrogen-bond acceptors (Lipinski definition) is 3. The normalized spacial score (nSPS) is 9.67. The molecular weight excluding hydrogens is 169 g/mol. The fourth-order valence-corrected chi connectivity index (χ4v) is 0.684. The van der Waals surface area contributed by atoms with E-state index in [9.17, 15) is 8.78 Å². The van der Waals surface area contributed by atoms with Crippen LogP contribution >= 0.6 is 0 Å². The van der Waals surface area contributed by atoms with E-state index < -0.39 is 24.7 Å². The predicted octanol–water partition coefficient (Wildman–Crippen LogP) is 0.313. The molecule has 12 heavy (non-hydrogen) atoms. The molecule has 0 unspecified atom stereocenters. The van der Waals surface area contributed by atoms with Gasteiger partial charge in [-0.1, -0.05) is 0 Å². The summed E-state index contributed by atoms with van der Waals surface area (Å²) in [7, 11) is -2.11. The van der Waals surface area contributed by atoms with E-state index in [4.69, 9.17) is 10.0 Å². The first kappa shape index (κ1) is 8.96. The Balaban J connectivity index is 2.86. The van der Waals surface area contributed by atoms with E-state index in [-0.39, 0.29) is 0 Å². The number of benzene rings is 1. The second kappa shape index (κ2) is 3.51. The summed E-state index contributed by atoms with van der Waals surface area (Å²) in [5.41, 5.74) is 0. The first-order chi connectivity index (χ1) is 5.59. The Morgan fingerprint density at radius 2 is 1.92 bits per heavy atom. The van der Waals surface area contributed by atoms with Crippen LogP contribution in [0.4, 0.5) is 8.78 Å². The van der Waals surface area contributed by atoms with Crippen molar-refractivity contribution in [2.75, 3.05) is 0 Å². The molecule has 0 atom stereocenters. The first-order valence-corrected chi connectivity index (χ1v) is 3.07. The Bertz CT molecular complexity index is 279. The number of rotatable bonds is 2. The molecule has 64 valence electrons. The van der Waals surface area contributed by atoms with Gasteiger partial charge >= 0.3 is 7.32 Å². The zero-order valence-electron chi connectivity index (χ0n) is 5.87. The van der Waals surface area contributed by atoms with Gasteiger partial charge in [0.05, 0.1) is 0 Å². The van der Waals surface area contributed by atoms with Crippen molar-refractivity contribution in [3.05, 3.63) is 29.8 Å². The van der Waals surface area contributed by atoms with Crippen LogP contribution in [-0.2, 0) is 0 Å². The molecule has 0 amide bonds. The van der Waals surface area contributed by atoms with Crippen LogP contribution in [0.2, 0.25) is 0 Å². The van der Waals surface area contributed by atoms with Gasteiger partial charge in [0.2, 0.25) is 0 Å². The fraction of sp³-hybridized carbons (Fsp3) is 0. The van der Waals surface area contributed by atoms with Crippen LogP contribution in [0.5, 0.6) is 5.75 Å².